The Bertz CT molecular complexity index is 4860. The number of hydrogen-bond donors (Lipinski definition) is 4. The van der Waals surface area contributed by atoms with Gasteiger partial charge >= 0.3 is 21.6 Å². The molecule has 3 fully saturated rings. The summed E-state index contributed by atoms with van der Waals surface area (Å²) in [6, 6.07) is 46.3. The Morgan fingerprint density at radius 2 is 0.717 bits per heavy atom. The quantitative estimate of drug-likeness (QED) is 0.0109. The summed E-state index contributed by atoms with van der Waals surface area (Å²) in [5.74, 6) is 0.0181. The number of hydrogen-bond acceptors (Lipinski definition) is 19. The van der Waals surface area contributed by atoms with E-state index in [1.165, 1.54) is 87.0 Å². The molecular formula is C79H71F6N3O17S. The van der Waals surface area contributed by atoms with Crippen LogP contribution in [0.5, 0.6) is 51.7 Å². The van der Waals surface area contributed by atoms with Crippen LogP contribution < -0.4 is 33.6 Å². The molecule has 2 heterocycles. The summed E-state index contributed by atoms with van der Waals surface area (Å²) in [6.45, 7) is 0. The van der Waals surface area contributed by atoms with Crippen molar-refractivity contribution in [2.24, 2.45) is 16.2 Å². The Kier molecular flexibility index (Phi) is 24.9. The van der Waals surface area contributed by atoms with Gasteiger partial charge in [0.25, 0.3) is 0 Å². The van der Waals surface area contributed by atoms with Crippen LogP contribution in [0.15, 0.2) is 194 Å². The number of anilines is 1. The number of ether oxygens (including phenoxy) is 5. The highest BCUT2D eigenvalue weighted by Crippen LogP contribution is 2.51. The third kappa shape index (κ3) is 19.7. The molecule has 20 nitrogen and oxygen atoms in total. The maximum absolute atomic E-state index is 13.2. The molecular weight excluding hydrogens is 1410 g/mol. The summed E-state index contributed by atoms with van der Waals surface area (Å²) in [6.07, 6.45) is 6.64. The van der Waals surface area contributed by atoms with Crippen molar-refractivity contribution >= 4 is 72.5 Å². The monoisotopic (exact) mass is 1480 g/mol. The van der Waals surface area contributed by atoms with Gasteiger partial charge in [-0.15, -0.1) is 0 Å². The summed E-state index contributed by atoms with van der Waals surface area (Å²) in [7, 11) is 0.0667. The lowest BCUT2D eigenvalue weighted by atomic mass is 9.88. The molecule has 0 saturated heterocycles. The first-order valence-corrected chi connectivity index (χ1v) is 34.1. The molecule has 0 aliphatic heterocycles. The number of alkyl halides is 3. The standard InChI is InChI=1S/C30H26FNO5.C19H17FO3.C12H10F3NO5S.C12H11FO3.C6H7NO/c1-35-26-17-23-24(18-27(26)36-2)32-14-11-25(23)37-22-9-5-20(6-10-22)16-29(34)30(12-13-30)28(33)15-19-3-7-21(31)8-4-19;20-15-5-1-13(2-6-15)11-17(22)19(9-10-19)18(23)12-14-3-7-16(21)8-4-14;1-19-10-5-7-8(6-11(10)20-2)16-4-3-9(7)21-22(17,18)12(13,14)15;13-9-3-1-8(2-4-9)7-10(14)12(5-6-12)11(15)16;7-5-1-3-6(8)4-2-5/h3-11,14,17-18H,12-13,15-16H2,1-2H3;1-8,21H,9-12H2;3-6H,1-2H3;1-4H,5-7H2,(H,15,16);1-4,8H,7H2. The Morgan fingerprint density at radius 3 is 1.03 bits per heavy atom. The number of methoxy groups -OCH3 is 4. The molecule has 552 valence electrons. The number of fused-ring (bicyclic) bond motifs is 2. The minimum atomic E-state index is -5.78. The van der Waals surface area contributed by atoms with Crippen LogP contribution in [0.3, 0.4) is 0 Å². The Labute approximate surface area is 604 Å². The molecule has 5 N–H and O–H groups in total. The number of phenols is 2. The number of carboxylic acids is 1. The van der Waals surface area contributed by atoms with E-state index < -0.39 is 43.6 Å². The third-order valence-corrected chi connectivity index (χ3v) is 18.7. The zero-order valence-electron chi connectivity index (χ0n) is 57.5. The number of nitrogen functional groups attached to an aromatic ring is 1. The van der Waals surface area contributed by atoms with Gasteiger partial charge in [-0.3, -0.25) is 38.7 Å². The SMILES string of the molecule is COc1cc2nccc(OS(=O)(=O)C(F)(F)F)c2cc1OC.COc1cc2nccc(Oc3ccc(CC(=O)C4(C(=O)Cc5ccc(F)cc5)CC4)cc3)c2cc1OC.Nc1ccc(O)cc1.O=C(Cc1ccc(O)cc1)C1(C(=O)Cc2ccc(F)cc2)CC1.O=C(O)C1(C(=O)Cc2ccc(F)cc2)CC1. The second-order valence-corrected chi connectivity index (χ2v) is 26.5. The second kappa shape index (κ2) is 33.7. The molecule has 106 heavy (non-hydrogen) atoms. The van der Waals surface area contributed by atoms with E-state index in [4.69, 9.17) is 39.6 Å². The number of carbonyl (C=O) groups excluding carboxylic acids is 5. The highest BCUT2D eigenvalue weighted by Gasteiger charge is 2.57. The number of Topliss-reactive ketones (excluding diaryl/α,β-unsaturated/α-hetero) is 5. The third-order valence-electron chi connectivity index (χ3n) is 17.8. The lowest BCUT2D eigenvalue weighted by Crippen LogP contribution is -2.28. The minimum Gasteiger partial charge on any atom is -0.508 e. The van der Waals surface area contributed by atoms with Crippen molar-refractivity contribution < 1.29 is 107 Å². The Morgan fingerprint density at radius 1 is 0.425 bits per heavy atom. The number of nitrogens with two attached hydrogens (primary N) is 1. The molecule has 0 bridgehead atoms. The summed E-state index contributed by atoms with van der Waals surface area (Å²) < 4.78 is 129. The normalized spacial score (nSPS) is 13.8. The van der Waals surface area contributed by atoms with Crippen LogP contribution in [0.1, 0.15) is 66.3 Å². The van der Waals surface area contributed by atoms with E-state index in [-0.39, 0.29) is 107 Å². The van der Waals surface area contributed by atoms with Gasteiger partial charge in [0.2, 0.25) is 0 Å². The van der Waals surface area contributed by atoms with Crippen LogP contribution >= 0.6 is 0 Å². The largest absolute Gasteiger partial charge is 0.534 e. The molecule has 3 saturated carbocycles. The van der Waals surface area contributed by atoms with Crippen LogP contribution in [-0.2, 0) is 71.0 Å². The molecule has 0 unspecified atom stereocenters. The topological polar surface area (TPSA) is 304 Å². The van der Waals surface area contributed by atoms with Crippen LogP contribution in [0, 0.1) is 33.7 Å². The van der Waals surface area contributed by atoms with Crippen LogP contribution in [0.25, 0.3) is 21.8 Å². The number of benzene rings is 8. The number of pyridine rings is 2. The maximum Gasteiger partial charge on any atom is 0.534 e. The van der Waals surface area contributed by atoms with Gasteiger partial charge in [-0.05, 0) is 169 Å². The first-order chi connectivity index (χ1) is 50.4. The number of carbonyl (C=O) groups is 6. The number of phenolic OH excluding ortho intramolecular Hbond substituents is 2. The predicted molar refractivity (Wildman–Crippen MR) is 378 cm³/mol. The van der Waals surface area contributed by atoms with Crippen LogP contribution in [0.2, 0.25) is 0 Å². The van der Waals surface area contributed by atoms with E-state index in [0.717, 1.165) is 34.3 Å². The Balaban J connectivity index is 0.000000164. The summed E-state index contributed by atoms with van der Waals surface area (Å²) in [5.41, 5.74) is 2.09. The molecule has 8 aromatic carbocycles. The van der Waals surface area contributed by atoms with Gasteiger partial charge in [-0.2, -0.15) is 21.6 Å². The first-order valence-electron chi connectivity index (χ1n) is 32.7. The van der Waals surface area contributed by atoms with Gasteiger partial charge in [-0.1, -0.05) is 60.7 Å². The molecule has 10 aromatic rings. The van der Waals surface area contributed by atoms with Crippen molar-refractivity contribution in [3.05, 3.63) is 240 Å². The number of nitrogens with zero attached hydrogens (tertiary/aromatic N) is 2. The zero-order chi connectivity index (χ0) is 76.7. The minimum absolute atomic E-state index is 0.0352. The van der Waals surface area contributed by atoms with Crippen molar-refractivity contribution in [1.82, 2.24) is 9.97 Å². The lowest BCUT2D eigenvalue weighted by Gasteiger charge is -2.14. The highest BCUT2D eigenvalue weighted by molar-refractivity contribution is 7.88. The van der Waals surface area contributed by atoms with Gasteiger partial charge < -0.3 is 48.9 Å². The number of carboxylic acid groups (broad SMARTS) is 1. The molecule has 0 atom stereocenters. The molecule has 3 aliphatic carbocycles. The molecule has 0 spiro atoms. The Hall–Kier alpha value is -11.9. The maximum atomic E-state index is 13.2. The van der Waals surface area contributed by atoms with Crippen molar-refractivity contribution in [3.8, 4) is 51.7 Å². The van der Waals surface area contributed by atoms with Gasteiger partial charge in [0, 0.05) is 79.2 Å². The van der Waals surface area contributed by atoms with E-state index in [1.54, 1.807) is 105 Å². The number of rotatable bonds is 24. The number of ketones is 5. The van der Waals surface area contributed by atoms with E-state index in [1.807, 2.05) is 18.2 Å². The lowest BCUT2D eigenvalue weighted by molar-refractivity contribution is -0.148. The van der Waals surface area contributed by atoms with Crippen LogP contribution in [0.4, 0.5) is 32.0 Å². The molecule has 2 aromatic heterocycles. The smallest absolute Gasteiger partial charge is 0.508 e. The second-order valence-electron chi connectivity index (χ2n) is 25.0. The fourth-order valence-electron chi connectivity index (χ4n) is 11.1. The van der Waals surface area contributed by atoms with Crippen LogP contribution in [-0.4, -0.2) is 103 Å². The highest BCUT2D eigenvalue weighted by atomic mass is 32.2. The fourth-order valence-corrected chi connectivity index (χ4v) is 11.6. The molecule has 27 heteroatoms. The van der Waals surface area contributed by atoms with E-state index >= 15 is 0 Å². The molecule has 0 radical (unpaired) electrons. The van der Waals surface area contributed by atoms with E-state index in [9.17, 15) is 68.6 Å². The number of aliphatic carboxylic acids is 1. The molecule has 0 amide bonds. The van der Waals surface area contributed by atoms with E-state index in [0.29, 0.717) is 89.6 Å². The van der Waals surface area contributed by atoms with Gasteiger partial charge in [0.1, 0.15) is 45.9 Å². The van der Waals surface area contributed by atoms with Gasteiger partial charge in [0.05, 0.1) is 50.3 Å². The van der Waals surface area contributed by atoms with Crippen molar-refractivity contribution in [3.63, 3.8) is 0 Å². The summed E-state index contributed by atoms with van der Waals surface area (Å²) in [5, 5.41) is 27.7. The summed E-state index contributed by atoms with van der Waals surface area (Å²) in [4.78, 5) is 82.0. The van der Waals surface area contributed by atoms with Gasteiger partial charge in [-0.25, -0.2) is 13.2 Å². The first kappa shape index (κ1) is 78.3. The zero-order valence-corrected chi connectivity index (χ0v) is 58.3. The van der Waals surface area contributed by atoms with E-state index in [2.05, 4.69) is 14.2 Å². The average Bonchev–Trinajstić information content (AvgIpc) is 1.59. The number of aromatic nitrogens is 2. The average molecular weight is 1480 g/mol. The fraction of sp³-hybridized carbons (Fsp3) is 0.241. The van der Waals surface area contributed by atoms with Crippen molar-refractivity contribution in [1.29, 1.82) is 0 Å². The summed E-state index contributed by atoms with van der Waals surface area (Å²) >= 11 is 0. The van der Waals surface area contributed by atoms with Crippen molar-refractivity contribution in [2.45, 2.75) is 76.1 Å². The molecule has 3 aliphatic rings. The number of aromatic hydroxyl groups is 2. The van der Waals surface area contributed by atoms with Crippen molar-refractivity contribution in [2.75, 3.05) is 34.2 Å². The number of halogens is 6. The van der Waals surface area contributed by atoms with Gasteiger partial charge in [0.15, 0.2) is 57.7 Å². The predicted octanol–water partition coefficient (Wildman–Crippen LogP) is 14.4. The molecule has 13 rings (SSSR count).